The van der Waals surface area contributed by atoms with Crippen molar-refractivity contribution in [2.24, 2.45) is 5.41 Å². The van der Waals surface area contributed by atoms with E-state index >= 15 is 0 Å². The highest BCUT2D eigenvalue weighted by Gasteiger charge is 2.44. The van der Waals surface area contributed by atoms with Crippen molar-refractivity contribution in [3.63, 3.8) is 0 Å². The number of nitrogens with zero attached hydrogens (tertiary/aromatic N) is 3. The molecule has 0 bridgehead atoms. The number of pyridine rings is 1. The standard InChI is InChI=1S/C29H33N3O3S/c1-28(2,3)27-31-25-21(33)15-29(16-23(25)36-27)8-11-32(12-9-29)26(34)18-13-20-19(22(14-18)35-4)7-10-30-24(20)17-5-6-17/h7,10,13-14,17H,5-6,8-9,11-12,15-16H2,1-4H3. The van der Waals surface area contributed by atoms with E-state index in [1.807, 2.05) is 29.3 Å². The molecule has 36 heavy (non-hydrogen) atoms. The summed E-state index contributed by atoms with van der Waals surface area (Å²) < 4.78 is 5.68. The molecule has 3 aliphatic rings. The minimum atomic E-state index is -0.0628. The van der Waals surface area contributed by atoms with E-state index in [4.69, 9.17) is 9.72 Å². The number of benzene rings is 1. The van der Waals surface area contributed by atoms with Crippen LogP contribution in [0.3, 0.4) is 0 Å². The molecule has 6 nitrogen and oxygen atoms in total. The summed E-state index contributed by atoms with van der Waals surface area (Å²) in [6, 6.07) is 5.85. The van der Waals surface area contributed by atoms with E-state index in [0.717, 1.165) is 64.2 Å². The molecule has 0 unspecified atom stereocenters. The quantitative estimate of drug-likeness (QED) is 0.443. The lowest BCUT2D eigenvalue weighted by atomic mass is 9.68. The number of likely N-dealkylation sites (tertiary alicyclic amines) is 1. The molecule has 1 aromatic carbocycles. The van der Waals surface area contributed by atoms with Gasteiger partial charge in [0.2, 0.25) is 0 Å². The normalized spacial score (nSPS) is 19.6. The molecule has 1 spiro atoms. The molecule has 188 valence electrons. The van der Waals surface area contributed by atoms with Gasteiger partial charge in [-0.1, -0.05) is 20.8 Å². The van der Waals surface area contributed by atoms with Crippen molar-refractivity contribution in [3.05, 3.63) is 51.2 Å². The van der Waals surface area contributed by atoms with Crippen LogP contribution in [0, 0.1) is 5.41 Å². The van der Waals surface area contributed by atoms with E-state index < -0.39 is 0 Å². The predicted octanol–water partition coefficient (Wildman–Crippen LogP) is 5.93. The summed E-state index contributed by atoms with van der Waals surface area (Å²) in [7, 11) is 1.66. The average molecular weight is 504 g/mol. The number of thiazole rings is 1. The Morgan fingerprint density at radius 2 is 1.89 bits per heavy atom. The molecule has 0 N–H and O–H groups in total. The van der Waals surface area contributed by atoms with Crippen LogP contribution in [0.25, 0.3) is 10.8 Å². The maximum absolute atomic E-state index is 13.6. The Morgan fingerprint density at radius 1 is 1.14 bits per heavy atom. The highest BCUT2D eigenvalue weighted by atomic mass is 32.1. The minimum absolute atomic E-state index is 0.0336. The summed E-state index contributed by atoms with van der Waals surface area (Å²) in [6.07, 6.45) is 7.25. The van der Waals surface area contributed by atoms with Gasteiger partial charge in [0.25, 0.3) is 5.91 Å². The third-order valence-corrected chi connectivity index (χ3v) is 9.57. The Hall–Kier alpha value is -2.80. The number of hydrogen-bond acceptors (Lipinski definition) is 6. The van der Waals surface area contributed by atoms with Gasteiger partial charge < -0.3 is 9.64 Å². The Bertz CT molecular complexity index is 1370. The predicted molar refractivity (Wildman–Crippen MR) is 141 cm³/mol. The Balaban J connectivity index is 1.23. The summed E-state index contributed by atoms with van der Waals surface area (Å²) in [5.41, 5.74) is 2.31. The number of amides is 1. The Labute approximate surface area is 216 Å². The first-order valence-electron chi connectivity index (χ1n) is 13.0. The molecule has 0 radical (unpaired) electrons. The fourth-order valence-corrected chi connectivity index (χ4v) is 7.12. The van der Waals surface area contributed by atoms with Crippen LogP contribution in [0.4, 0.5) is 0 Å². The molecule has 3 aromatic rings. The minimum Gasteiger partial charge on any atom is -0.496 e. The van der Waals surface area contributed by atoms with Crippen LogP contribution in [0.1, 0.15) is 95.2 Å². The van der Waals surface area contributed by atoms with E-state index in [1.54, 1.807) is 18.4 Å². The highest BCUT2D eigenvalue weighted by Crippen LogP contribution is 2.47. The topological polar surface area (TPSA) is 72.4 Å². The van der Waals surface area contributed by atoms with E-state index in [0.29, 0.717) is 36.7 Å². The third-order valence-electron chi connectivity index (χ3n) is 8.09. The lowest BCUT2D eigenvalue weighted by Gasteiger charge is -2.43. The van der Waals surface area contributed by atoms with Crippen LogP contribution >= 0.6 is 11.3 Å². The van der Waals surface area contributed by atoms with Gasteiger partial charge in [0.05, 0.1) is 17.8 Å². The smallest absolute Gasteiger partial charge is 0.254 e. The first-order chi connectivity index (χ1) is 17.2. The molecule has 1 saturated heterocycles. The van der Waals surface area contributed by atoms with Crippen molar-refractivity contribution in [1.29, 1.82) is 0 Å². The molecule has 2 aromatic heterocycles. The van der Waals surface area contributed by atoms with Crippen molar-refractivity contribution in [2.75, 3.05) is 20.2 Å². The second kappa shape index (κ2) is 8.37. The first-order valence-corrected chi connectivity index (χ1v) is 13.8. The van der Waals surface area contributed by atoms with Crippen LogP contribution < -0.4 is 4.74 Å². The van der Waals surface area contributed by atoms with Gasteiger partial charge in [-0.25, -0.2) is 4.98 Å². The van der Waals surface area contributed by atoms with Crippen molar-refractivity contribution in [2.45, 2.75) is 70.6 Å². The summed E-state index contributed by atoms with van der Waals surface area (Å²) in [6.45, 7) is 7.76. The molecule has 0 atom stereocenters. The zero-order chi connectivity index (χ0) is 25.2. The number of carbonyl (C=O) groups excluding carboxylic acids is 2. The largest absolute Gasteiger partial charge is 0.496 e. The van der Waals surface area contributed by atoms with Gasteiger partial charge in [0.1, 0.15) is 11.4 Å². The molecular formula is C29H33N3O3S. The Morgan fingerprint density at radius 3 is 2.56 bits per heavy atom. The number of ether oxygens (including phenoxy) is 1. The number of Topliss-reactive ketones (excluding diaryl/α,β-unsaturated/α-hetero) is 1. The van der Waals surface area contributed by atoms with Crippen molar-refractivity contribution in [1.82, 2.24) is 14.9 Å². The van der Waals surface area contributed by atoms with Crippen LogP contribution in [0.15, 0.2) is 24.4 Å². The highest BCUT2D eigenvalue weighted by molar-refractivity contribution is 7.12. The van der Waals surface area contributed by atoms with E-state index in [2.05, 4.69) is 25.8 Å². The van der Waals surface area contributed by atoms with Gasteiger partial charge in [0.15, 0.2) is 5.78 Å². The number of piperidine rings is 1. The van der Waals surface area contributed by atoms with Crippen LogP contribution in [-0.4, -0.2) is 46.8 Å². The number of ketones is 1. The molecule has 7 heteroatoms. The maximum Gasteiger partial charge on any atom is 0.254 e. The average Bonchev–Trinajstić information content (AvgIpc) is 3.60. The lowest BCUT2D eigenvalue weighted by molar-refractivity contribution is 0.0522. The van der Waals surface area contributed by atoms with Crippen molar-refractivity contribution in [3.8, 4) is 5.75 Å². The van der Waals surface area contributed by atoms with E-state index in [9.17, 15) is 9.59 Å². The molecule has 2 fully saturated rings. The molecule has 2 aliphatic carbocycles. The van der Waals surface area contributed by atoms with Crippen LogP contribution in [0.2, 0.25) is 0 Å². The molecule has 3 heterocycles. The fourth-order valence-electron chi connectivity index (χ4n) is 5.80. The van der Waals surface area contributed by atoms with E-state index in [-0.39, 0.29) is 22.5 Å². The molecule has 1 saturated carbocycles. The van der Waals surface area contributed by atoms with Crippen molar-refractivity contribution >= 4 is 33.8 Å². The SMILES string of the molecule is COc1cc(C(=O)N2CCC3(CC2)CC(=O)c2nc(C(C)(C)C)sc2C3)cc2c(C3CC3)nccc12. The number of hydrogen-bond donors (Lipinski definition) is 0. The second-order valence-corrected chi connectivity index (χ2v) is 12.9. The number of rotatable bonds is 3. The zero-order valence-electron chi connectivity index (χ0n) is 21.5. The van der Waals surface area contributed by atoms with Gasteiger partial charge in [-0.3, -0.25) is 14.6 Å². The third kappa shape index (κ3) is 4.01. The lowest BCUT2D eigenvalue weighted by Crippen LogP contribution is -2.46. The second-order valence-electron chi connectivity index (χ2n) is 11.9. The van der Waals surface area contributed by atoms with Gasteiger partial charge in [-0.15, -0.1) is 11.3 Å². The molecule has 1 aliphatic heterocycles. The van der Waals surface area contributed by atoms with Crippen LogP contribution in [-0.2, 0) is 11.8 Å². The maximum atomic E-state index is 13.6. The number of aromatic nitrogens is 2. The van der Waals surface area contributed by atoms with Crippen molar-refractivity contribution < 1.29 is 14.3 Å². The van der Waals surface area contributed by atoms with Gasteiger partial charge in [0, 0.05) is 58.3 Å². The number of methoxy groups -OCH3 is 1. The van der Waals surface area contributed by atoms with Crippen LogP contribution in [0.5, 0.6) is 5.75 Å². The first kappa shape index (κ1) is 23.6. The van der Waals surface area contributed by atoms with Gasteiger partial charge >= 0.3 is 0 Å². The fraction of sp³-hybridized carbons (Fsp3) is 0.517. The number of carbonyl (C=O) groups is 2. The molecular weight excluding hydrogens is 470 g/mol. The van der Waals surface area contributed by atoms with E-state index in [1.165, 1.54) is 0 Å². The summed E-state index contributed by atoms with van der Waals surface area (Å²) in [5.74, 6) is 1.41. The molecule has 6 rings (SSSR count). The summed E-state index contributed by atoms with van der Waals surface area (Å²) in [5, 5.41) is 3.08. The monoisotopic (exact) mass is 503 g/mol. The summed E-state index contributed by atoms with van der Waals surface area (Å²) in [4.78, 5) is 39.1. The Kier molecular flexibility index (Phi) is 5.48. The number of fused-ring (bicyclic) bond motifs is 2. The molecule has 1 amide bonds. The summed E-state index contributed by atoms with van der Waals surface area (Å²) >= 11 is 1.70. The van der Waals surface area contributed by atoms with Gasteiger partial charge in [-0.05, 0) is 55.7 Å². The zero-order valence-corrected chi connectivity index (χ0v) is 22.3. The van der Waals surface area contributed by atoms with Gasteiger partial charge in [-0.2, -0.15) is 0 Å².